The third-order valence-corrected chi connectivity index (χ3v) is 4.44. The summed E-state index contributed by atoms with van der Waals surface area (Å²) in [6, 6.07) is 6.59. The lowest BCUT2D eigenvalue weighted by atomic mass is 10.0. The van der Waals surface area contributed by atoms with E-state index in [4.69, 9.17) is 4.74 Å². The molecule has 0 fully saturated rings. The largest absolute Gasteiger partial charge is 0.468 e. The zero-order chi connectivity index (χ0) is 26.6. The highest BCUT2D eigenvalue weighted by Gasteiger charge is 2.45. The molecule has 0 aromatic heterocycles. The van der Waals surface area contributed by atoms with Crippen molar-refractivity contribution in [3.05, 3.63) is 35.9 Å². The molecule has 0 bridgehead atoms. The number of carbonyl (C=O) groups is 4. The van der Waals surface area contributed by atoms with Crippen LogP contribution in [0.4, 0.5) is 18.0 Å². The quantitative estimate of drug-likeness (QED) is 0.205. The van der Waals surface area contributed by atoms with Crippen LogP contribution in [0.3, 0.4) is 0 Å². The van der Waals surface area contributed by atoms with Gasteiger partial charge in [-0.05, 0) is 33.6 Å². The predicted molar refractivity (Wildman–Crippen MR) is 118 cm³/mol. The molecule has 0 spiro atoms. The Kier molecular flexibility index (Phi) is 11.5. The normalized spacial score (nSPS) is 13.2. The summed E-state index contributed by atoms with van der Waals surface area (Å²) in [6.07, 6.45) is -7.79. The molecular weight excluding hydrogens is 473 g/mol. The maximum absolute atomic E-state index is 13.5. The van der Waals surface area contributed by atoms with Gasteiger partial charge >= 0.3 is 24.2 Å². The fraction of sp³-hybridized carbons (Fsp3) is 0.565. The summed E-state index contributed by atoms with van der Waals surface area (Å²) in [5, 5.41) is 4.82. The standard InChI is InChI=1S/C23H31F3N2O7/c1-22(2,3)35-21(32)28-14-17(29)27-13-9-8-12-16(19(30)33-4)20(31)34-18(23(24,25)26)15-10-6-5-7-11-15/h5-7,10-11,16,18H,8-9,12-14H2,1-4H3,(H,27,29)(H,28,32). The summed E-state index contributed by atoms with van der Waals surface area (Å²) in [6.45, 7) is 4.86. The van der Waals surface area contributed by atoms with Gasteiger partial charge in [0.25, 0.3) is 0 Å². The van der Waals surface area contributed by atoms with Crippen LogP contribution in [0.2, 0.25) is 0 Å². The second-order valence-electron chi connectivity index (χ2n) is 8.55. The van der Waals surface area contributed by atoms with E-state index in [0.717, 1.165) is 7.11 Å². The molecule has 9 nitrogen and oxygen atoms in total. The minimum Gasteiger partial charge on any atom is -0.468 e. The van der Waals surface area contributed by atoms with Crippen molar-refractivity contribution in [1.82, 2.24) is 10.6 Å². The number of halogens is 3. The highest BCUT2D eigenvalue weighted by atomic mass is 19.4. The van der Waals surface area contributed by atoms with Gasteiger partial charge in [-0.2, -0.15) is 13.2 Å². The Hall–Kier alpha value is -3.31. The Morgan fingerprint density at radius 3 is 2.11 bits per heavy atom. The Morgan fingerprint density at radius 1 is 0.943 bits per heavy atom. The van der Waals surface area contributed by atoms with Crippen LogP contribution in [0.25, 0.3) is 0 Å². The number of unbranched alkanes of at least 4 members (excludes halogenated alkanes) is 1. The Morgan fingerprint density at radius 2 is 1.57 bits per heavy atom. The van der Waals surface area contributed by atoms with Crippen molar-refractivity contribution in [3.8, 4) is 0 Å². The van der Waals surface area contributed by atoms with E-state index in [1.807, 2.05) is 0 Å². The zero-order valence-corrected chi connectivity index (χ0v) is 20.1. The molecule has 2 amide bonds. The first-order valence-corrected chi connectivity index (χ1v) is 10.9. The van der Waals surface area contributed by atoms with Gasteiger partial charge in [0.05, 0.1) is 13.7 Å². The molecule has 2 unspecified atom stereocenters. The van der Waals surface area contributed by atoms with E-state index in [1.54, 1.807) is 20.8 Å². The minimum atomic E-state index is -4.88. The molecule has 2 N–H and O–H groups in total. The van der Waals surface area contributed by atoms with E-state index in [9.17, 15) is 32.3 Å². The SMILES string of the molecule is COC(=O)C(CCCCNC(=O)CNC(=O)OC(C)(C)C)C(=O)OC(c1ccccc1)C(F)(F)F. The second kappa shape index (κ2) is 13.5. The summed E-state index contributed by atoms with van der Waals surface area (Å²) >= 11 is 0. The fourth-order valence-electron chi connectivity index (χ4n) is 2.85. The Bertz CT molecular complexity index is 855. The van der Waals surface area contributed by atoms with Gasteiger partial charge in [-0.25, -0.2) is 4.79 Å². The topological polar surface area (TPSA) is 120 Å². The molecule has 1 aromatic carbocycles. The lowest BCUT2D eigenvalue weighted by Gasteiger charge is -2.23. The number of methoxy groups -OCH3 is 1. The van der Waals surface area contributed by atoms with Crippen LogP contribution in [0.1, 0.15) is 51.7 Å². The first kappa shape index (κ1) is 29.7. The van der Waals surface area contributed by atoms with Crippen molar-refractivity contribution >= 4 is 23.9 Å². The summed E-state index contributed by atoms with van der Waals surface area (Å²) in [4.78, 5) is 47.8. The lowest BCUT2D eigenvalue weighted by Crippen LogP contribution is -2.40. The highest BCUT2D eigenvalue weighted by Crippen LogP contribution is 2.36. The van der Waals surface area contributed by atoms with Gasteiger partial charge in [-0.3, -0.25) is 14.4 Å². The van der Waals surface area contributed by atoms with E-state index in [-0.39, 0.29) is 31.5 Å². The Labute approximate surface area is 201 Å². The number of carbonyl (C=O) groups excluding carboxylic acids is 4. The van der Waals surface area contributed by atoms with E-state index in [0.29, 0.717) is 6.42 Å². The highest BCUT2D eigenvalue weighted by molar-refractivity contribution is 5.94. The number of alkyl carbamates (subject to hydrolysis) is 1. The number of hydrogen-bond acceptors (Lipinski definition) is 7. The maximum Gasteiger partial charge on any atom is 0.429 e. The average Bonchev–Trinajstić information content (AvgIpc) is 2.76. The summed E-state index contributed by atoms with van der Waals surface area (Å²) in [5.41, 5.74) is -0.987. The molecule has 0 heterocycles. The van der Waals surface area contributed by atoms with Gasteiger partial charge in [0.15, 0.2) is 5.92 Å². The molecule has 12 heteroatoms. The van der Waals surface area contributed by atoms with Gasteiger partial charge in [0, 0.05) is 12.1 Å². The molecular formula is C23H31F3N2O7. The zero-order valence-electron chi connectivity index (χ0n) is 20.1. The number of ether oxygens (including phenoxy) is 3. The van der Waals surface area contributed by atoms with Crippen LogP contribution in [-0.4, -0.2) is 55.9 Å². The van der Waals surface area contributed by atoms with Gasteiger partial charge < -0.3 is 24.8 Å². The molecule has 0 radical (unpaired) electrons. The molecule has 1 aromatic rings. The van der Waals surface area contributed by atoms with E-state index >= 15 is 0 Å². The van der Waals surface area contributed by atoms with Crippen molar-refractivity contribution < 1.29 is 46.6 Å². The molecule has 2 atom stereocenters. The molecule has 0 saturated carbocycles. The third kappa shape index (κ3) is 11.6. The van der Waals surface area contributed by atoms with Gasteiger partial charge in [-0.15, -0.1) is 0 Å². The number of amides is 2. The molecule has 0 aliphatic rings. The van der Waals surface area contributed by atoms with Crippen molar-refractivity contribution in [3.63, 3.8) is 0 Å². The van der Waals surface area contributed by atoms with Gasteiger partial charge in [-0.1, -0.05) is 36.8 Å². The van der Waals surface area contributed by atoms with E-state index < -0.39 is 47.7 Å². The van der Waals surface area contributed by atoms with Gasteiger partial charge in [0.1, 0.15) is 5.60 Å². The minimum absolute atomic E-state index is 0.142. The van der Waals surface area contributed by atoms with Crippen molar-refractivity contribution in [2.45, 2.75) is 57.9 Å². The van der Waals surface area contributed by atoms with E-state index in [1.165, 1.54) is 30.3 Å². The van der Waals surface area contributed by atoms with Crippen LogP contribution in [-0.2, 0) is 28.6 Å². The molecule has 35 heavy (non-hydrogen) atoms. The second-order valence-corrected chi connectivity index (χ2v) is 8.55. The summed E-state index contributed by atoms with van der Waals surface area (Å²) < 4.78 is 54.6. The van der Waals surface area contributed by atoms with Crippen molar-refractivity contribution in [1.29, 1.82) is 0 Å². The molecule has 0 aliphatic heterocycles. The van der Waals surface area contributed by atoms with Crippen molar-refractivity contribution in [2.24, 2.45) is 5.92 Å². The van der Waals surface area contributed by atoms with Crippen LogP contribution >= 0.6 is 0 Å². The first-order chi connectivity index (χ1) is 16.2. The van der Waals surface area contributed by atoms with Crippen LogP contribution in [0, 0.1) is 5.92 Å². The maximum atomic E-state index is 13.5. The number of esters is 2. The van der Waals surface area contributed by atoms with Crippen molar-refractivity contribution in [2.75, 3.05) is 20.2 Å². The number of nitrogens with one attached hydrogen (secondary N) is 2. The smallest absolute Gasteiger partial charge is 0.429 e. The van der Waals surface area contributed by atoms with Crippen LogP contribution < -0.4 is 10.6 Å². The predicted octanol–water partition coefficient (Wildman–Crippen LogP) is 3.43. The summed E-state index contributed by atoms with van der Waals surface area (Å²) in [5.74, 6) is -4.42. The molecule has 1 rings (SSSR count). The monoisotopic (exact) mass is 504 g/mol. The fourth-order valence-corrected chi connectivity index (χ4v) is 2.85. The molecule has 196 valence electrons. The molecule has 0 aliphatic carbocycles. The third-order valence-electron chi connectivity index (χ3n) is 4.44. The number of hydrogen-bond donors (Lipinski definition) is 2. The molecule has 0 saturated heterocycles. The number of alkyl halides is 3. The Balaban J connectivity index is 2.56. The van der Waals surface area contributed by atoms with Crippen LogP contribution in [0.15, 0.2) is 30.3 Å². The average molecular weight is 505 g/mol. The summed E-state index contributed by atoms with van der Waals surface area (Å²) in [7, 11) is 1.01. The number of benzene rings is 1. The van der Waals surface area contributed by atoms with Gasteiger partial charge in [0.2, 0.25) is 12.0 Å². The number of rotatable bonds is 11. The van der Waals surface area contributed by atoms with E-state index in [2.05, 4.69) is 20.1 Å². The van der Waals surface area contributed by atoms with Crippen LogP contribution in [0.5, 0.6) is 0 Å². The first-order valence-electron chi connectivity index (χ1n) is 10.9. The lowest BCUT2D eigenvalue weighted by molar-refractivity contribution is -0.227.